The number of unbranched alkanes of at least 4 members (excludes halogenated alkanes) is 1. The second-order valence-electron chi connectivity index (χ2n) is 10.5. The van der Waals surface area contributed by atoms with Crippen molar-refractivity contribution in [2.75, 3.05) is 33.4 Å². The molecule has 5 heterocycles. The standard InChI is InChI=1S/C30H29N5O4S/c1-38-22-10-7-11-23-24(22)20-16-34(15-19(20)17-39-23)12-5-6-13-35-29(36)27-25(33-30(35)37)26-28(40-27)31-14-21(32-26)18-8-3-2-4-9-18/h2-4,7-11,14,19-20H,5-6,12-13,15-17H2,1H3,(H,33,37)/t19-,20+/m0/s1. The molecule has 10 heteroatoms. The number of hydrogen-bond acceptors (Lipinski definition) is 8. The highest BCUT2D eigenvalue weighted by Gasteiger charge is 2.40. The SMILES string of the molecule is COc1cccc2c1[C@@H]1CN(CCCCn3c(=O)[nH]c4c(sc5ncc(-c6ccccc6)nc54)c3=O)C[C@H]1CO2. The van der Waals surface area contributed by atoms with Gasteiger partial charge in [0.05, 0.1) is 31.1 Å². The van der Waals surface area contributed by atoms with Crippen LogP contribution in [0.3, 0.4) is 0 Å². The number of aromatic amines is 1. The van der Waals surface area contributed by atoms with Crippen molar-refractivity contribution in [1.82, 2.24) is 24.4 Å². The molecule has 5 aromatic rings. The number of ether oxygens (including phenoxy) is 2. The molecule has 0 amide bonds. The van der Waals surface area contributed by atoms with E-state index in [9.17, 15) is 9.59 Å². The van der Waals surface area contributed by atoms with Crippen LogP contribution in [0.5, 0.6) is 11.5 Å². The van der Waals surface area contributed by atoms with E-state index in [1.807, 2.05) is 48.5 Å². The average Bonchev–Trinajstić information content (AvgIpc) is 3.58. The molecule has 3 aromatic heterocycles. The monoisotopic (exact) mass is 555 g/mol. The van der Waals surface area contributed by atoms with Crippen molar-refractivity contribution in [2.45, 2.75) is 25.3 Å². The van der Waals surface area contributed by atoms with Crippen LogP contribution in [0.4, 0.5) is 0 Å². The zero-order valence-corrected chi connectivity index (χ0v) is 22.9. The Labute approximate surface area is 234 Å². The lowest BCUT2D eigenvalue weighted by atomic mass is 9.86. The van der Waals surface area contributed by atoms with E-state index in [0.29, 0.717) is 44.6 Å². The molecule has 9 nitrogen and oxygen atoms in total. The summed E-state index contributed by atoms with van der Waals surface area (Å²) in [7, 11) is 1.71. The van der Waals surface area contributed by atoms with E-state index >= 15 is 0 Å². The van der Waals surface area contributed by atoms with Crippen LogP contribution < -0.4 is 20.7 Å². The number of rotatable bonds is 7. The third-order valence-corrected chi connectivity index (χ3v) is 9.15. The summed E-state index contributed by atoms with van der Waals surface area (Å²) in [6, 6.07) is 15.7. The molecule has 2 atom stereocenters. The highest BCUT2D eigenvalue weighted by molar-refractivity contribution is 7.25. The van der Waals surface area contributed by atoms with Crippen LogP contribution in [0.25, 0.3) is 31.8 Å². The third-order valence-electron chi connectivity index (χ3n) is 8.08. The Morgan fingerprint density at radius 2 is 1.93 bits per heavy atom. The molecule has 1 N–H and O–H groups in total. The van der Waals surface area contributed by atoms with Gasteiger partial charge in [-0.05, 0) is 31.5 Å². The van der Waals surface area contributed by atoms with Gasteiger partial charge in [0.1, 0.15) is 26.5 Å². The first-order valence-corrected chi connectivity index (χ1v) is 14.4. The molecular formula is C30H29N5O4S. The number of aromatic nitrogens is 4. The average molecular weight is 556 g/mol. The second-order valence-corrected chi connectivity index (χ2v) is 11.5. The van der Waals surface area contributed by atoms with Crippen LogP contribution in [-0.4, -0.2) is 57.8 Å². The summed E-state index contributed by atoms with van der Waals surface area (Å²) in [4.78, 5) is 41.6. The molecule has 0 spiro atoms. The summed E-state index contributed by atoms with van der Waals surface area (Å²) < 4.78 is 13.5. The molecule has 0 unspecified atom stereocenters. The van der Waals surface area contributed by atoms with Crippen LogP contribution >= 0.6 is 11.3 Å². The number of nitrogens with zero attached hydrogens (tertiary/aromatic N) is 4. The molecule has 7 rings (SSSR count). The lowest BCUT2D eigenvalue weighted by Crippen LogP contribution is -2.34. The number of methoxy groups -OCH3 is 1. The van der Waals surface area contributed by atoms with E-state index in [2.05, 4.69) is 14.9 Å². The van der Waals surface area contributed by atoms with Crippen molar-refractivity contribution in [3.8, 4) is 22.8 Å². The summed E-state index contributed by atoms with van der Waals surface area (Å²) in [5.74, 6) is 2.66. The first kappa shape index (κ1) is 25.0. The van der Waals surface area contributed by atoms with Gasteiger partial charge in [-0.1, -0.05) is 36.4 Å². The minimum Gasteiger partial charge on any atom is -0.496 e. The Morgan fingerprint density at radius 3 is 2.77 bits per heavy atom. The molecule has 1 fully saturated rings. The Bertz CT molecular complexity index is 1820. The summed E-state index contributed by atoms with van der Waals surface area (Å²) >= 11 is 1.28. The fraction of sp³-hybridized carbons (Fsp3) is 0.333. The molecule has 0 saturated carbocycles. The molecule has 2 aliphatic heterocycles. The molecule has 2 aromatic carbocycles. The minimum atomic E-state index is -0.405. The van der Waals surface area contributed by atoms with Crippen LogP contribution in [0.2, 0.25) is 0 Å². The summed E-state index contributed by atoms with van der Waals surface area (Å²) in [6.07, 6.45) is 3.33. The number of likely N-dealkylation sites (tertiary alicyclic amines) is 1. The fourth-order valence-corrected chi connectivity index (χ4v) is 7.10. The normalized spacial score (nSPS) is 18.5. The van der Waals surface area contributed by atoms with Gasteiger partial charge in [0.2, 0.25) is 0 Å². The lowest BCUT2D eigenvalue weighted by Gasteiger charge is -2.29. The minimum absolute atomic E-state index is 0.280. The maximum atomic E-state index is 13.3. The summed E-state index contributed by atoms with van der Waals surface area (Å²) in [5, 5.41) is 0. The molecule has 1 saturated heterocycles. The van der Waals surface area contributed by atoms with Crippen molar-refractivity contribution in [1.29, 1.82) is 0 Å². The number of benzene rings is 2. The van der Waals surface area contributed by atoms with Gasteiger partial charge in [0, 0.05) is 42.6 Å². The molecule has 2 aliphatic rings. The largest absolute Gasteiger partial charge is 0.496 e. The van der Waals surface area contributed by atoms with Gasteiger partial charge < -0.3 is 19.4 Å². The summed E-state index contributed by atoms with van der Waals surface area (Å²) in [6.45, 7) is 3.93. The van der Waals surface area contributed by atoms with E-state index in [0.717, 1.165) is 56.1 Å². The van der Waals surface area contributed by atoms with Crippen molar-refractivity contribution in [2.24, 2.45) is 5.92 Å². The molecule has 0 aliphatic carbocycles. The van der Waals surface area contributed by atoms with Gasteiger partial charge in [0.15, 0.2) is 0 Å². The Balaban J connectivity index is 1.05. The van der Waals surface area contributed by atoms with Crippen molar-refractivity contribution < 1.29 is 9.47 Å². The van der Waals surface area contributed by atoms with Crippen molar-refractivity contribution >= 4 is 31.9 Å². The highest BCUT2D eigenvalue weighted by atomic mass is 32.1. The predicted octanol–water partition coefficient (Wildman–Crippen LogP) is 4.26. The molecule has 0 radical (unpaired) electrons. The first-order chi connectivity index (χ1) is 19.6. The quantitative estimate of drug-likeness (QED) is 0.300. The smallest absolute Gasteiger partial charge is 0.328 e. The zero-order valence-electron chi connectivity index (χ0n) is 22.1. The zero-order chi connectivity index (χ0) is 27.2. The first-order valence-electron chi connectivity index (χ1n) is 13.6. The number of thiophene rings is 1. The van der Waals surface area contributed by atoms with Crippen molar-refractivity contribution in [3.63, 3.8) is 0 Å². The van der Waals surface area contributed by atoms with E-state index in [1.54, 1.807) is 13.3 Å². The number of hydrogen-bond donors (Lipinski definition) is 1. The predicted molar refractivity (Wildman–Crippen MR) is 156 cm³/mol. The number of nitrogens with one attached hydrogen (secondary N) is 1. The van der Waals surface area contributed by atoms with Gasteiger partial charge in [-0.15, -0.1) is 11.3 Å². The lowest BCUT2D eigenvalue weighted by molar-refractivity contribution is 0.209. The Hall–Kier alpha value is -4.02. The van der Waals surface area contributed by atoms with Gasteiger partial charge in [-0.25, -0.2) is 14.8 Å². The maximum Gasteiger partial charge on any atom is 0.328 e. The second kappa shape index (κ2) is 10.2. The van der Waals surface area contributed by atoms with Crippen LogP contribution in [0.15, 0.2) is 64.3 Å². The van der Waals surface area contributed by atoms with Gasteiger partial charge in [-0.3, -0.25) is 9.36 Å². The van der Waals surface area contributed by atoms with Gasteiger partial charge in [0.25, 0.3) is 5.56 Å². The third kappa shape index (κ3) is 4.28. The molecular weight excluding hydrogens is 526 g/mol. The van der Waals surface area contributed by atoms with Crippen LogP contribution in [0.1, 0.15) is 24.3 Å². The van der Waals surface area contributed by atoms with Gasteiger partial charge >= 0.3 is 5.69 Å². The highest BCUT2D eigenvalue weighted by Crippen LogP contribution is 2.46. The molecule has 204 valence electrons. The van der Waals surface area contributed by atoms with Gasteiger partial charge in [-0.2, -0.15) is 0 Å². The molecule has 0 bridgehead atoms. The molecule has 40 heavy (non-hydrogen) atoms. The number of H-pyrrole nitrogens is 1. The number of fused-ring (bicyclic) bond motifs is 6. The Kier molecular flexibility index (Phi) is 6.36. The van der Waals surface area contributed by atoms with E-state index in [-0.39, 0.29) is 5.56 Å². The van der Waals surface area contributed by atoms with Crippen LogP contribution in [-0.2, 0) is 6.54 Å². The topological polar surface area (TPSA) is 102 Å². The van der Waals surface area contributed by atoms with E-state index < -0.39 is 5.69 Å². The van der Waals surface area contributed by atoms with Crippen molar-refractivity contribution in [3.05, 3.63) is 81.1 Å². The fourth-order valence-electron chi connectivity index (χ4n) is 6.11. The Morgan fingerprint density at radius 1 is 1.07 bits per heavy atom. The van der Waals surface area contributed by atoms with E-state index in [4.69, 9.17) is 14.5 Å². The van der Waals surface area contributed by atoms with E-state index in [1.165, 1.54) is 21.5 Å². The summed E-state index contributed by atoms with van der Waals surface area (Å²) in [5.41, 5.74) is 3.15. The van der Waals surface area contributed by atoms with Crippen LogP contribution in [0, 0.1) is 5.92 Å². The maximum absolute atomic E-state index is 13.3.